The fraction of sp³-hybridized carbons (Fsp3) is 0.688. The van der Waals surface area contributed by atoms with Gasteiger partial charge >= 0.3 is 0 Å². The Kier molecular flexibility index (Phi) is 4.81. The summed E-state index contributed by atoms with van der Waals surface area (Å²) in [5, 5.41) is 8.90. The molecule has 1 aliphatic rings. The normalized spacial score (nSPS) is 17.8. The van der Waals surface area contributed by atoms with Gasteiger partial charge in [-0.3, -0.25) is 0 Å². The Morgan fingerprint density at radius 2 is 2.00 bits per heavy atom. The minimum Gasteiger partial charge on any atom is -0.389 e. The molecule has 0 bridgehead atoms. The Morgan fingerprint density at radius 1 is 1.29 bits per heavy atom. The number of anilines is 1. The Labute approximate surface area is 133 Å². The molecule has 0 radical (unpaired) electrons. The number of rotatable bonds is 4. The summed E-state index contributed by atoms with van der Waals surface area (Å²) >= 11 is 5.32. The summed E-state index contributed by atoms with van der Waals surface area (Å²) in [6.07, 6.45) is 4.16. The van der Waals surface area contributed by atoms with E-state index in [4.69, 9.17) is 18.0 Å². The fourth-order valence-electron chi connectivity index (χ4n) is 3.25. The van der Waals surface area contributed by atoms with Gasteiger partial charge < -0.3 is 10.6 Å². The highest BCUT2D eigenvalue weighted by Crippen LogP contribution is 2.33. The summed E-state index contributed by atoms with van der Waals surface area (Å²) in [5.41, 5.74) is 9.44. The zero-order valence-electron chi connectivity index (χ0n) is 13.6. The molecule has 2 N–H and O–H groups in total. The number of aryl methyl sites for hydroxylation is 1. The van der Waals surface area contributed by atoms with E-state index in [2.05, 4.69) is 42.8 Å². The van der Waals surface area contributed by atoms with Crippen molar-refractivity contribution in [3.63, 3.8) is 0 Å². The van der Waals surface area contributed by atoms with Gasteiger partial charge in [-0.05, 0) is 36.7 Å². The van der Waals surface area contributed by atoms with Crippen LogP contribution in [0.5, 0.6) is 0 Å². The SMILES string of the molecule is CCc1nnc(N2CCCC(C)(C)C2)c(C(N)=S)c1CC. The highest BCUT2D eigenvalue weighted by Gasteiger charge is 2.30. The van der Waals surface area contributed by atoms with Crippen molar-refractivity contribution < 1.29 is 0 Å². The molecule has 0 aromatic carbocycles. The molecule has 2 rings (SSSR count). The van der Waals surface area contributed by atoms with Gasteiger partial charge in [-0.25, -0.2) is 0 Å². The molecular weight excluding hydrogens is 280 g/mol. The highest BCUT2D eigenvalue weighted by molar-refractivity contribution is 7.80. The summed E-state index contributed by atoms with van der Waals surface area (Å²) in [5.74, 6) is 0.879. The lowest BCUT2D eigenvalue weighted by atomic mass is 9.84. The van der Waals surface area contributed by atoms with Crippen LogP contribution in [0.2, 0.25) is 0 Å². The first-order chi connectivity index (χ1) is 9.89. The van der Waals surface area contributed by atoms with E-state index in [1.165, 1.54) is 18.4 Å². The molecule has 1 saturated heterocycles. The predicted molar refractivity (Wildman–Crippen MR) is 91.9 cm³/mol. The second kappa shape index (κ2) is 6.26. The van der Waals surface area contributed by atoms with E-state index in [9.17, 15) is 0 Å². The Bertz CT molecular complexity index is 539. The summed E-state index contributed by atoms with van der Waals surface area (Å²) in [7, 11) is 0. The lowest BCUT2D eigenvalue weighted by molar-refractivity contribution is 0.291. The third-order valence-corrected chi connectivity index (χ3v) is 4.48. The molecule has 0 aliphatic carbocycles. The first-order valence-electron chi connectivity index (χ1n) is 7.82. The fourth-order valence-corrected chi connectivity index (χ4v) is 3.46. The van der Waals surface area contributed by atoms with E-state index in [0.29, 0.717) is 10.4 Å². The maximum Gasteiger partial charge on any atom is 0.161 e. The lowest BCUT2D eigenvalue weighted by Gasteiger charge is -2.39. The number of hydrogen-bond acceptors (Lipinski definition) is 4. The monoisotopic (exact) mass is 306 g/mol. The summed E-state index contributed by atoms with van der Waals surface area (Å²) in [4.78, 5) is 2.75. The minimum absolute atomic E-state index is 0.295. The topological polar surface area (TPSA) is 55.0 Å². The number of aromatic nitrogens is 2. The van der Waals surface area contributed by atoms with Crippen LogP contribution < -0.4 is 10.6 Å². The largest absolute Gasteiger partial charge is 0.389 e. The highest BCUT2D eigenvalue weighted by atomic mass is 32.1. The summed E-state index contributed by atoms with van der Waals surface area (Å²) in [6, 6.07) is 0. The van der Waals surface area contributed by atoms with E-state index >= 15 is 0 Å². The van der Waals surface area contributed by atoms with Gasteiger partial charge in [0.1, 0.15) is 4.99 Å². The third kappa shape index (κ3) is 3.34. The van der Waals surface area contributed by atoms with E-state index in [1.807, 2.05) is 0 Å². The van der Waals surface area contributed by atoms with E-state index in [-0.39, 0.29) is 0 Å². The molecule has 4 nitrogen and oxygen atoms in total. The summed E-state index contributed by atoms with van der Waals surface area (Å²) in [6.45, 7) is 10.8. The molecule has 0 amide bonds. The van der Waals surface area contributed by atoms with Gasteiger partial charge in [0.15, 0.2) is 5.82 Å². The maximum atomic E-state index is 6.03. The van der Waals surface area contributed by atoms with E-state index in [0.717, 1.165) is 43.0 Å². The van der Waals surface area contributed by atoms with Crippen LogP contribution in [-0.2, 0) is 12.8 Å². The Morgan fingerprint density at radius 3 is 2.52 bits per heavy atom. The van der Waals surface area contributed by atoms with Crippen molar-refractivity contribution in [2.24, 2.45) is 11.1 Å². The number of hydrogen-bond donors (Lipinski definition) is 1. The molecule has 116 valence electrons. The second-order valence-electron chi connectivity index (χ2n) is 6.58. The van der Waals surface area contributed by atoms with Crippen LogP contribution >= 0.6 is 12.2 Å². The van der Waals surface area contributed by atoms with Crippen LogP contribution in [0.15, 0.2) is 0 Å². The van der Waals surface area contributed by atoms with E-state index < -0.39 is 0 Å². The smallest absolute Gasteiger partial charge is 0.161 e. The lowest BCUT2D eigenvalue weighted by Crippen LogP contribution is -2.42. The molecule has 2 heterocycles. The quantitative estimate of drug-likeness (QED) is 0.867. The third-order valence-electron chi connectivity index (χ3n) is 4.27. The first kappa shape index (κ1) is 16.1. The Hall–Kier alpha value is -1.23. The minimum atomic E-state index is 0.295. The zero-order chi connectivity index (χ0) is 15.6. The van der Waals surface area contributed by atoms with Crippen molar-refractivity contribution in [2.45, 2.75) is 53.4 Å². The molecule has 1 fully saturated rings. The van der Waals surface area contributed by atoms with Crippen LogP contribution in [0.4, 0.5) is 5.82 Å². The molecule has 0 saturated carbocycles. The molecule has 1 aromatic heterocycles. The number of thiocarbonyl (C=S) groups is 1. The average Bonchev–Trinajstić information content (AvgIpc) is 2.44. The first-order valence-corrected chi connectivity index (χ1v) is 8.23. The van der Waals surface area contributed by atoms with Gasteiger partial charge in [-0.15, -0.1) is 5.10 Å². The molecule has 0 unspecified atom stereocenters. The van der Waals surface area contributed by atoms with Gasteiger partial charge in [0.2, 0.25) is 0 Å². The molecule has 1 aliphatic heterocycles. The van der Waals surface area contributed by atoms with Crippen molar-refractivity contribution in [2.75, 3.05) is 18.0 Å². The van der Waals surface area contributed by atoms with Gasteiger partial charge in [0.05, 0.1) is 11.3 Å². The van der Waals surface area contributed by atoms with Crippen molar-refractivity contribution in [3.05, 3.63) is 16.8 Å². The molecule has 5 heteroatoms. The molecule has 0 atom stereocenters. The summed E-state index contributed by atoms with van der Waals surface area (Å²) < 4.78 is 0. The van der Waals surface area contributed by atoms with Gasteiger partial charge in [-0.2, -0.15) is 5.10 Å². The van der Waals surface area contributed by atoms with Crippen molar-refractivity contribution in [1.82, 2.24) is 10.2 Å². The maximum absolute atomic E-state index is 6.03. The van der Waals surface area contributed by atoms with Gasteiger partial charge in [0.25, 0.3) is 0 Å². The Balaban J connectivity index is 2.50. The number of nitrogens with two attached hydrogens (primary N) is 1. The average molecular weight is 306 g/mol. The number of piperidine rings is 1. The van der Waals surface area contributed by atoms with Gasteiger partial charge in [0, 0.05) is 13.1 Å². The number of nitrogens with zero attached hydrogens (tertiary/aromatic N) is 3. The van der Waals surface area contributed by atoms with Crippen LogP contribution in [0.1, 0.15) is 57.4 Å². The molecular formula is C16H26N4S. The molecule has 21 heavy (non-hydrogen) atoms. The molecule has 0 spiro atoms. The van der Waals surface area contributed by atoms with Crippen LogP contribution in [-0.4, -0.2) is 28.3 Å². The van der Waals surface area contributed by atoms with Crippen LogP contribution in [0.3, 0.4) is 0 Å². The van der Waals surface area contributed by atoms with Crippen molar-refractivity contribution in [1.29, 1.82) is 0 Å². The van der Waals surface area contributed by atoms with Crippen molar-refractivity contribution in [3.8, 4) is 0 Å². The second-order valence-corrected chi connectivity index (χ2v) is 7.02. The predicted octanol–water partition coefficient (Wildman–Crippen LogP) is 2.86. The van der Waals surface area contributed by atoms with Gasteiger partial charge in [-0.1, -0.05) is 39.9 Å². The zero-order valence-corrected chi connectivity index (χ0v) is 14.4. The van der Waals surface area contributed by atoms with Crippen molar-refractivity contribution >= 4 is 23.0 Å². The van der Waals surface area contributed by atoms with Crippen LogP contribution in [0.25, 0.3) is 0 Å². The van der Waals surface area contributed by atoms with E-state index in [1.54, 1.807) is 0 Å². The standard InChI is InChI=1S/C16H26N4S/c1-5-11-12(6-2)18-19-15(13(11)14(17)21)20-9-7-8-16(3,4)10-20/h5-10H2,1-4H3,(H2,17,21). The molecule has 1 aromatic rings. The van der Waals surface area contributed by atoms with Crippen LogP contribution in [0, 0.1) is 5.41 Å².